The molecule has 9 heteroatoms. The number of hydrogen-bond acceptors (Lipinski definition) is 6. The summed E-state index contributed by atoms with van der Waals surface area (Å²) in [4.78, 5) is 12.5. The maximum Gasteiger partial charge on any atom is 0.255 e. The molecule has 0 saturated carbocycles. The zero-order valence-corrected chi connectivity index (χ0v) is 15.9. The molecule has 2 aromatic rings. The van der Waals surface area contributed by atoms with Crippen molar-refractivity contribution >= 4 is 21.6 Å². The van der Waals surface area contributed by atoms with Gasteiger partial charge in [0.2, 0.25) is 16.8 Å². The third kappa shape index (κ3) is 4.15. The van der Waals surface area contributed by atoms with E-state index in [-0.39, 0.29) is 29.0 Å². The first-order valence-corrected chi connectivity index (χ1v) is 9.70. The molecule has 1 heterocycles. The molecule has 0 fully saturated rings. The number of anilines is 1. The Morgan fingerprint density at radius 2 is 1.85 bits per heavy atom. The first-order chi connectivity index (χ1) is 12.8. The van der Waals surface area contributed by atoms with E-state index in [4.69, 9.17) is 14.2 Å². The largest absolute Gasteiger partial charge is 0.495 e. The molecular formula is C18H20N2O6S. The molecule has 144 valence electrons. The predicted octanol–water partition coefficient (Wildman–Crippen LogP) is 2.36. The number of rotatable bonds is 6. The Balaban J connectivity index is 1.88. The third-order valence-electron chi connectivity index (χ3n) is 3.74. The van der Waals surface area contributed by atoms with Crippen LogP contribution in [0.5, 0.6) is 17.2 Å². The van der Waals surface area contributed by atoms with Crippen LogP contribution < -0.4 is 24.2 Å². The van der Waals surface area contributed by atoms with Crippen molar-refractivity contribution < 1.29 is 27.4 Å². The summed E-state index contributed by atoms with van der Waals surface area (Å²) in [5.74, 6) is 0.831. The number of carbonyl (C=O) groups excluding carboxylic acids is 1. The Bertz CT molecular complexity index is 972. The molecule has 1 amide bonds. The number of carbonyl (C=O) groups is 1. The van der Waals surface area contributed by atoms with Gasteiger partial charge in [-0.25, -0.2) is 13.1 Å². The topological polar surface area (TPSA) is 103 Å². The van der Waals surface area contributed by atoms with Gasteiger partial charge >= 0.3 is 0 Å². The van der Waals surface area contributed by atoms with Crippen molar-refractivity contribution in [2.75, 3.05) is 19.2 Å². The van der Waals surface area contributed by atoms with Crippen LogP contribution in [0.3, 0.4) is 0 Å². The van der Waals surface area contributed by atoms with Crippen LogP contribution in [-0.4, -0.2) is 34.3 Å². The fourth-order valence-electron chi connectivity index (χ4n) is 2.58. The Morgan fingerprint density at radius 3 is 2.56 bits per heavy atom. The first-order valence-electron chi connectivity index (χ1n) is 8.21. The van der Waals surface area contributed by atoms with Crippen LogP contribution in [0.4, 0.5) is 5.69 Å². The Morgan fingerprint density at radius 1 is 1.11 bits per heavy atom. The summed E-state index contributed by atoms with van der Waals surface area (Å²) in [7, 11) is -2.46. The minimum absolute atomic E-state index is 0.1000. The predicted molar refractivity (Wildman–Crippen MR) is 99.0 cm³/mol. The second-order valence-electron chi connectivity index (χ2n) is 6.16. The van der Waals surface area contributed by atoms with Gasteiger partial charge in [0.1, 0.15) is 10.6 Å². The summed E-state index contributed by atoms with van der Waals surface area (Å²) < 4.78 is 43.2. The van der Waals surface area contributed by atoms with Crippen LogP contribution in [0.1, 0.15) is 24.2 Å². The molecule has 0 spiro atoms. The minimum Gasteiger partial charge on any atom is -0.495 e. The maximum absolute atomic E-state index is 12.6. The highest BCUT2D eigenvalue weighted by Gasteiger charge is 2.23. The van der Waals surface area contributed by atoms with Crippen LogP contribution >= 0.6 is 0 Å². The van der Waals surface area contributed by atoms with E-state index in [2.05, 4.69) is 10.0 Å². The molecule has 0 bridgehead atoms. The molecule has 0 radical (unpaired) electrons. The molecule has 2 aromatic carbocycles. The zero-order chi connectivity index (χ0) is 19.6. The van der Waals surface area contributed by atoms with Gasteiger partial charge in [-0.3, -0.25) is 4.79 Å². The standard InChI is InChI=1S/C18H20N2O6S/c1-11(2)20-27(22,23)17-8-12(4-6-15(17)24-3)18(21)19-13-5-7-14-16(9-13)26-10-25-14/h4-9,11,20H,10H2,1-3H3,(H,19,21). The van der Waals surface area contributed by atoms with Crippen molar-refractivity contribution in [3.05, 3.63) is 42.0 Å². The molecule has 0 unspecified atom stereocenters. The normalized spacial score (nSPS) is 12.9. The van der Waals surface area contributed by atoms with Crippen LogP contribution in [0, 0.1) is 0 Å². The molecule has 0 saturated heterocycles. The van der Waals surface area contributed by atoms with Gasteiger partial charge in [0, 0.05) is 23.4 Å². The quantitative estimate of drug-likeness (QED) is 0.782. The number of ether oxygens (including phenoxy) is 3. The Labute approximate surface area is 157 Å². The van der Waals surface area contributed by atoms with Crippen molar-refractivity contribution in [2.45, 2.75) is 24.8 Å². The van der Waals surface area contributed by atoms with Gasteiger partial charge in [0.05, 0.1) is 7.11 Å². The molecule has 0 aromatic heterocycles. The van der Waals surface area contributed by atoms with E-state index in [9.17, 15) is 13.2 Å². The Hall–Kier alpha value is -2.78. The number of nitrogens with one attached hydrogen (secondary N) is 2. The summed E-state index contributed by atoms with van der Waals surface area (Å²) in [6.07, 6.45) is 0. The van der Waals surface area contributed by atoms with Crippen LogP contribution in [0.25, 0.3) is 0 Å². The highest BCUT2D eigenvalue weighted by atomic mass is 32.2. The summed E-state index contributed by atoms with van der Waals surface area (Å²) in [6.45, 7) is 3.55. The lowest BCUT2D eigenvalue weighted by Gasteiger charge is -2.14. The number of amides is 1. The molecule has 3 rings (SSSR count). The fourth-order valence-corrected chi connectivity index (χ4v) is 4.03. The minimum atomic E-state index is -3.83. The van der Waals surface area contributed by atoms with Gasteiger partial charge in [-0.2, -0.15) is 0 Å². The van der Waals surface area contributed by atoms with Gasteiger partial charge in [-0.1, -0.05) is 0 Å². The van der Waals surface area contributed by atoms with Gasteiger partial charge in [0.15, 0.2) is 11.5 Å². The highest BCUT2D eigenvalue weighted by Crippen LogP contribution is 2.34. The van der Waals surface area contributed by atoms with Crippen molar-refractivity contribution in [1.82, 2.24) is 4.72 Å². The molecular weight excluding hydrogens is 372 g/mol. The summed E-state index contributed by atoms with van der Waals surface area (Å²) in [5, 5.41) is 2.71. The van der Waals surface area contributed by atoms with Crippen molar-refractivity contribution in [1.29, 1.82) is 0 Å². The number of benzene rings is 2. The maximum atomic E-state index is 12.6. The van der Waals surface area contributed by atoms with E-state index in [1.165, 1.54) is 25.3 Å². The number of methoxy groups -OCH3 is 1. The molecule has 8 nitrogen and oxygen atoms in total. The van der Waals surface area contributed by atoms with E-state index >= 15 is 0 Å². The van der Waals surface area contributed by atoms with E-state index in [0.717, 1.165) is 0 Å². The number of sulfonamides is 1. The molecule has 27 heavy (non-hydrogen) atoms. The van der Waals surface area contributed by atoms with Crippen LogP contribution in [0.15, 0.2) is 41.3 Å². The molecule has 0 atom stereocenters. The molecule has 0 aliphatic carbocycles. The molecule has 1 aliphatic heterocycles. The lowest BCUT2D eigenvalue weighted by atomic mass is 10.2. The van der Waals surface area contributed by atoms with Crippen molar-refractivity contribution in [3.8, 4) is 17.2 Å². The fraction of sp³-hybridized carbons (Fsp3) is 0.278. The van der Waals surface area contributed by atoms with Crippen molar-refractivity contribution in [2.24, 2.45) is 0 Å². The summed E-state index contributed by atoms with van der Waals surface area (Å²) in [6, 6.07) is 8.93. The second kappa shape index (κ2) is 7.45. The van der Waals surface area contributed by atoms with Crippen LogP contribution in [-0.2, 0) is 10.0 Å². The first kappa shape index (κ1) is 19.0. The van der Waals surface area contributed by atoms with Crippen LogP contribution in [0.2, 0.25) is 0 Å². The SMILES string of the molecule is COc1ccc(C(=O)Nc2ccc3c(c2)OCO3)cc1S(=O)(=O)NC(C)C. The third-order valence-corrected chi connectivity index (χ3v) is 5.42. The van der Waals surface area contributed by atoms with E-state index in [0.29, 0.717) is 17.2 Å². The molecule has 2 N–H and O–H groups in total. The van der Waals surface area contributed by atoms with E-state index in [1.54, 1.807) is 32.0 Å². The van der Waals surface area contributed by atoms with Gasteiger partial charge in [-0.05, 0) is 44.2 Å². The average molecular weight is 392 g/mol. The Kier molecular flexibility index (Phi) is 5.24. The average Bonchev–Trinajstić information content (AvgIpc) is 3.07. The van der Waals surface area contributed by atoms with Crippen molar-refractivity contribution in [3.63, 3.8) is 0 Å². The monoisotopic (exact) mass is 392 g/mol. The zero-order valence-electron chi connectivity index (χ0n) is 15.1. The lowest BCUT2D eigenvalue weighted by Crippen LogP contribution is -2.30. The number of fused-ring (bicyclic) bond motifs is 1. The van der Waals surface area contributed by atoms with Gasteiger partial charge in [0.25, 0.3) is 5.91 Å². The van der Waals surface area contributed by atoms with Gasteiger partial charge in [-0.15, -0.1) is 0 Å². The highest BCUT2D eigenvalue weighted by molar-refractivity contribution is 7.89. The lowest BCUT2D eigenvalue weighted by molar-refractivity contribution is 0.102. The van der Waals surface area contributed by atoms with Gasteiger partial charge < -0.3 is 19.5 Å². The number of hydrogen-bond donors (Lipinski definition) is 2. The second-order valence-corrected chi connectivity index (χ2v) is 7.85. The van der Waals surface area contributed by atoms with E-state index in [1.807, 2.05) is 0 Å². The molecule has 1 aliphatic rings. The van der Waals surface area contributed by atoms with E-state index < -0.39 is 15.9 Å². The summed E-state index contributed by atoms with van der Waals surface area (Å²) >= 11 is 0. The smallest absolute Gasteiger partial charge is 0.255 e. The summed E-state index contributed by atoms with van der Waals surface area (Å²) in [5.41, 5.74) is 0.683.